The van der Waals surface area contributed by atoms with E-state index in [1.807, 2.05) is 30.3 Å². The van der Waals surface area contributed by atoms with Crippen LogP contribution in [0.3, 0.4) is 0 Å². The molecule has 0 saturated heterocycles. The summed E-state index contributed by atoms with van der Waals surface area (Å²) in [6.45, 7) is 2.40. The molecule has 0 unspecified atom stereocenters. The maximum atomic E-state index is 14.0. The van der Waals surface area contributed by atoms with Crippen LogP contribution in [-0.2, 0) is 23.1 Å². The van der Waals surface area contributed by atoms with Crippen LogP contribution in [0.4, 0.5) is 13.2 Å². The first kappa shape index (κ1) is 23.5. The molecule has 176 valence electrons. The molecule has 1 atom stereocenters. The van der Waals surface area contributed by atoms with Crippen molar-refractivity contribution in [2.75, 3.05) is 13.2 Å². The van der Waals surface area contributed by atoms with E-state index in [9.17, 15) is 18.3 Å². The highest BCUT2D eigenvalue weighted by molar-refractivity contribution is 5.89. The van der Waals surface area contributed by atoms with Crippen LogP contribution < -0.4 is 10.5 Å². The molecule has 0 bridgehead atoms. The van der Waals surface area contributed by atoms with Crippen LogP contribution in [0.5, 0.6) is 5.75 Å². The van der Waals surface area contributed by atoms with E-state index in [0.717, 1.165) is 5.56 Å². The average molecular weight is 460 g/mol. The Morgan fingerprint density at radius 2 is 1.76 bits per heavy atom. The summed E-state index contributed by atoms with van der Waals surface area (Å²) in [5.74, 6) is 0.117. The van der Waals surface area contributed by atoms with Crippen LogP contribution in [-0.4, -0.2) is 24.4 Å². The second-order valence-corrected chi connectivity index (χ2v) is 9.03. The van der Waals surface area contributed by atoms with Crippen molar-refractivity contribution in [1.82, 2.24) is 0 Å². The summed E-state index contributed by atoms with van der Waals surface area (Å²) in [6.07, 6.45) is -3.52. The summed E-state index contributed by atoms with van der Waals surface area (Å²) in [5, 5.41) is 9.94. The summed E-state index contributed by atoms with van der Waals surface area (Å²) in [4.78, 5) is 0. The highest BCUT2D eigenvalue weighted by Gasteiger charge is 2.39. The van der Waals surface area contributed by atoms with Crippen LogP contribution in [0.2, 0.25) is 0 Å². The number of fused-ring (bicyclic) bond motifs is 1. The molecule has 0 amide bonds. The van der Waals surface area contributed by atoms with Crippen molar-refractivity contribution < 1.29 is 27.8 Å². The quantitative estimate of drug-likeness (QED) is 0.474. The van der Waals surface area contributed by atoms with Crippen LogP contribution in [0.15, 0.2) is 60.7 Å². The predicted molar refractivity (Wildman–Crippen MR) is 121 cm³/mol. The van der Waals surface area contributed by atoms with Gasteiger partial charge >= 0.3 is 6.18 Å². The number of benzene rings is 3. The third-order valence-corrected chi connectivity index (χ3v) is 6.20. The van der Waals surface area contributed by atoms with Crippen molar-refractivity contribution in [2.45, 2.75) is 44.2 Å². The Labute approximate surface area is 191 Å². The van der Waals surface area contributed by atoms with Crippen molar-refractivity contribution in [1.29, 1.82) is 0 Å². The zero-order valence-electron chi connectivity index (χ0n) is 18.4. The number of aliphatic hydroxyl groups is 1. The van der Waals surface area contributed by atoms with Crippen molar-refractivity contribution in [3.05, 3.63) is 77.4 Å². The standard InChI is InChI=1S/C26H28F3NO3/c1-25(30,16-31)20-8-9-22-19(13-20)7-10-23(24(22)26(27,28)29)33-21-11-18(12-21)15-32-14-17-5-3-2-4-6-17/h2-10,13,18,21,31H,11-12,14-16,30H2,1H3/t18?,21?,25-/m0/s1. The molecule has 1 aliphatic rings. The Balaban J connectivity index is 1.44. The fourth-order valence-corrected chi connectivity index (χ4v) is 4.15. The molecule has 1 saturated carbocycles. The van der Waals surface area contributed by atoms with Crippen LogP contribution in [0.25, 0.3) is 10.8 Å². The Kier molecular flexibility index (Phi) is 6.66. The summed E-state index contributed by atoms with van der Waals surface area (Å²) >= 11 is 0. The third-order valence-electron chi connectivity index (χ3n) is 6.20. The fraction of sp³-hybridized carbons (Fsp3) is 0.385. The molecule has 7 heteroatoms. The van der Waals surface area contributed by atoms with Gasteiger partial charge in [-0.3, -0.25) is 0 Å². The lowest BCUT2D eigenvalue weighted by molar-refractivity contribution is -0.138. The first-order chi connectivity index (χ1) is 15.7. The number of halogens is 3. The zero-order chi connectivity index (χ0) is 23.6. The molecule has 33 heavy (non-hydrogen) atoms. The van der Waals surface area contributed by atoms with Gasteiger partial charge in [0.05, 0.1) is 31.5 Å². The van der Waals surface area contributed by atoms with Crippen LogP contribution >= 0.6 is 0 Å². The van der Waals surface area contributed by atoms with E-state index >= 15 is 0 Å². The smallest absolute Gasteiger partial charge is 0.420 e. The Bertz CT molecular complexity index is 1090. The Morgan fingerprint density at radius 1 is 1.03 bits per heavy atom. The first-order valence-electron chi connectivity index (χ1n) is 11.0. The number of ether oxygens (including phenoxy) is 2. The third kappa shape index (κ3) is 5.32. The van der Waals surface area contributed by atoms with E-state index in [0.29, 0.717) is 37.0 Å². The average Bonchev–Trinajstić information content (AvgIpc) is 2.76. The molecule has 1 aliphatic carbocycles. The highest BCUT2D eigenvalue weighted by Crippen LogP contribution is 2.44. The van der Waals surface area contributed by atoms with Crippen LogP contribution in [0.1, 0.15) is 36.5 Å². The Morgan fingerprint density at radius 3 is 2.42 bits per heavy atom. The number of hydrogen-bond acceptors (Lipinski definition) is 4. The van der Waals surface area contributed by atoms with Gasteiger partial charge in [-0.05, 0) is 59.7 Å². The summed E-state index contributed by atoms with van der Waals surface area (Å²) in [5.41, 5.74) is 5.89. The van der Waals surface area contributed by atoms with Crippen molar-refractivity contribution in [3.8, 4) is 5.75 Å². The summed E-state index contributed by atoms with van der Waals surface area (Å²) in [6, 6.07) is 17.3. The van der Waals surface area contributed by atoms with Gasteiger partial charge in [-0.2, -0.15) is 13.2 Å². The molecule has 0 aromatic heterocycles. The molecule has 0 aliphatic heterocycles. The zero-order valence-corrected chi connectivity index (χ0v) is 18.4. The van der Waals surface area contributed by atoms with Crippen molar-refractivity contribution in [2.24, 2.45) is 11.7 Å². The van der Waals surface area contributed by atoms with Gasteiger partial charge in [-0.1, -0.05) is 48.5 Å². The summed E-state index contributed by atoms with van der Waals surface area (Å²) in [7, 11) is 0. The van der Waals surface area contributed by atoms with Crippen LogP contribution in [0, 0.1) is 5.92 Å². The van der Waals surface area contributed by atoms with E-state index in [-0.39, 0.29) is 29.8 Å². The topological polar surface area (TPSA) is 64.7 Å². The molecule has 1 fully saturated rings. The predicted octanol–water partition coefficient (Wildman–Crippen LogP) is 5.40. The SMILES string of the molecule is C[C@](N)(CO)c1ccc2c(C(F)(F)F)c(OC3CC(COCc4ccccc4)C3)ccc2c1. The molecule has 4 nitrogen and oxygen atoms in total. The highest BCUT2D eigenvalue weighted by atomic mass is 19.4. The monoisotopic (exact) mass is 459 g/mol. The maximum Gasteiger partial charge on any atom is 0.420 e. The number of aliphatic hydroxyl groups excluding tert-OH is 1. The molecule has 0 spiro atoms. The van der Waals surface area contributed by atoms with Gasteiger partial charge in [0.15, 0.2) is 0 Å². The normalized spacial score (nSPS) is 20.3. The van der Waals surface area contributed by atoms with Gasteiger partial charge in [-0.25, -0.2) is 0 Å². The Hall–Kier alpha value is -2.61. The first-order valence-corrected chi connectivity index (χ1v) is 11.0. The van der Waals surface area contributed by atoms with Gasteiger partial charge in [0, 0.05) is 0 Å². The van der Waals surface area contributed by atoms with Gasteiger partial charge in [-0.15, -0.1) is 0 Å². The second-order valence-electron chi connectivity index (χ2n) is 9.03. The lowest BCUT2D eigenvalue weighted by atomic mass is 9.83. The van der Waals surface area contributed by atoms with E-state index in [4.69, 9.17) is 15.2 Å². The minimum absolute atomic E-state index is 0.0551. The van der Waals surface area contributed by atoms with E-state index in [1.54, 1.807) is 19.1 Å². The summed E-state index contributed by atoms with van der Waals surface area (Å²) < 4.78 is 53.5. The minimum atomic E-state index is -4.57. The number of alkyl halides is 3. The second kappa shape index (κ2) is 9.33. The molecule has 4 rings (SSSR count). The van der Waals surface area contributed by atoms with Gasteiger partial charge in [0.2, 0.25) is 0 Å². The molecular weight excluding hydrogens is 431 g/mol. The largest absolute Gasteiger partial charge is 0.490 e. The molecule has 3 aromatic carbocycles. The fourth-order valence-electron chi connectivity index (χ4n) is 4.15. The van der Waals surface area contributed by atoms with E-state index in [2.05, 4.69) is 0 Å². The maximum absolute atomic E-state index is 14.0. The lowest BCUT2D eigenvalue weighted by Gasteiger charge is -2.36. The van der Waals surface area contributed by atoms with Gasteiger partial charge in [0.25, 0.3) is 0 Å². The molecule has 0 radical (unpaired) electrons. The van der Waals surface area contributed by atoms with Crippen molar-refractivity contribution >= 4 is 10.8 Å². The molecule has 0 heterocycles. The van der Waals surface area contributed by atoms with E-state index in [1.165, 1.54) is 18.2 Å². The molecule has 3 aromatic rings. The van der Waals surface area contributed by atoms with Gasteiger partial charge < -0.3 is 20.3 Å². The van der Waals surface area contributed by atoms with Crippen molar-refractivity contribution in [3.63, 3.8) is 0 Å². The molecular formula is C26H28F3NO3. The number of nitrogens with two attached hydrogens (primary N) is 1. The van der Waals surface area contributed by atoms with Gasteiger partial charge in [0.1, 0.15) is 11.3 Å². The molecule has 3 N–H and O–H groups in total. The van der Waals surface area contributed by atoms with E-state index < -0.39 is 17.3 Å². The minimum Gasteiger partial charge on any atom is -0.490 e. The lowest BCUT2D eigenvalue weighted by Crippen LogP contribution is -2.37. The number of hydrogen-bond donors (Lipinski definition) is 2. The number of rotatable bonds is 8.